The maximum Gasteiger partial charge on any atom is 0.408 e. The van der Waals surface area contributed by atoms with Crippen molar-refractivity contribution in [1.29, 1.82) is 0 Å². The number of carbonyl (C=O) groups is 3. The Morgan fingerprint density at radius 1 is 1.17 bits per heavy atom. The number of β-amino-alcohol motifs (C(OH)–C–C–N with tert-alkyl or cyclic N) is 1. The number of aliphatic hydroxyl groups excluding tert-OH is 1. The number of hydrogen-bond acceptors (Lipinski definition) is 5. The van der Waals surface area contributed by atoms with Gasteiger partial charge in [0.2, 0.25) is 5.91 Å². The van der Waals surface area contributed by atoms with Gasteiger partial charge in [-0.05, 0) is 26.2 Å². The molecule has 24 heavy (non-hydrogen) atoms. The lowest BCUT2D eigenvalue weighted by Gasteiger charge is -2.35. The van der Waals surface area contributed by atoms with E-state index in [2.05, 4.69) is 5.32 Å². The van der Waals surface area contributed by atoms with Crippen molar-refractivity contribution in [2.75, 3.05) is 6.54 Å². The summed E-state index contributed by atoms with van der Waals surface area (Å²) in [6.07, 6.45) is -1.66. The number of likely N-dealkylation sites (tertiary alicyclic amines) is 1. The van der Waals surface area contributed by atoms with Gasteiger partial charge >= 0.3 is 12.1 Å². The molecule has 1 aliphatic heterocycles. The summed E-state index contributed by atoms with van der Waals surface area (Å²) in [7, 11) is 0. The highest BCUT2D eigenvalue weighted by Gasteiger charge is 2.44. The highest BCUT2D eigenvalue weighted by Crippen LogP contribution is 2.26. The summed E-state index contributed by atoms with van der Waals surface area (Å²) in [5.74, 6) is -1.72. The second-order valence-corrected chi connectivity index (χ2v) is 8.18. The predicted molar refractivity (Wildman–Crippen MR) is 86.4 cm³/mol. The smallest absolute Gasteiger partial charge is 0.408 e. The molecule has 0 unspecified atom stereocenters. The van der Waals surface area contributed by atoms with Gasteiger partial charge in [0.25, 0.3) is 0 Å². The standard InChI is InChI=1S/C16H28N2O6/c1-15(2,3)11(17-14(23)24-16(4,5)6)12(20)18-8-9(19)7-10(18)13(21)22/h9-11,19H,7-8H2,1-6H3,(H,17,23)(H,21,22)/t9-,10+,11+/m0/s1. The van der Waals surface area contributed by atoms with Gasteiger partial charge in [0, 0.05) is 13.0 Å². The number of ether oxygens (including phenoxy) is 1. The fourth-order valence-corrected chi connectivity index (χ4v) is 2.53. The van der Waals surface area contributed by atoms with Crippen molar-refractivity contribution in [2.45, 2.75) is 71.8 Å². The van der Waals surface area contributed by atoms with Crippen molar-refractivity contribution in [1.82, 2.24) is 10.2 Å². The first-order valence-electron chi connectivity index (χ1n) is 7.93. The molecule has 0 aliphatic carbocycles. The van der Waals surface area contributed by atoms with Crippen LogP contribution in [0.1, 0.15) is 48.0 Å². The van der Waals surface area contributed by atoms with Crippen molar-refractivity contribution in [3.8, 4) is 0 Å². The van der Waals surface area contributed by atoms with Crippen molar-refractivity contribution in [3.05, 3.63) is 0 Å². The number of nitrogens with zero attached hydrogens (tertiary/aromatic N) is 1. The molecule has 0 aromatic heterocycles. The maximum absolute atomic E-state index is 12.8. The third-order valence-electron chi connectivity index (χ3n) is 3.62. The fourth-order valence-electron chi connectivity index (χ4n) is 2.53. The van der Waals surface area contributed by atoms with Crippen molar-refractivity contribution >= 4 is 18.0 Å². The first-order chi connectivity index (χ1) is 10.7. The molecule has 3 N–H and O–H groups in total. The molecule has 1 rings (SSSR count). The lowest BCUT2D eigenvalue weighted by atomic mass is 9.85. The minimum Gasteiger partial charge on any atom is -0.480 e. The largest absolute Gasteiger partial charge is 0.480 e. The number of hydrogen-bond donors (Lipinski definition) is 3. The average Bonchev–Trinajstić information content (AvgIpc) is 2.74. The summed E-state index contributed by atoms with van der Waals surface area (Å²) in [4.78, 5) is 37.3. The molecule has 1 saturated heterocycles. The number of amides is 2. The van der Waals surface area contributed by atoms with E-state index in [-0.39, 0.29) is 13.0 Å². The van der Waals surface area contributed by atoms with E-state index in [1.165, 1.54) is 0 Å². The minimum absolute atomic E-state index is 0.0234. The molecule has 0 saturated carbocycles. The number of rotatable bonds is 3. The number of alkyl carbamates (subject to hydrolysis) is 1. The lowest BCUT2D eigenvalue weighted by molar-refractivity contribution is -0.150. The molecule has 0 spiro atoms. The van der Waals surface area contributed by atoms with Crippen LogP contribution in [0.5, 0.6) is 0 Å². The Bertz CT molecular complexity index is 506. The number of carboxylic acids is 1. The molecule has 8 heteroatoms. The van der Waals surface area contributed by atoms with Gasteiger partial charge in [0.05, 0.1) is 6.10 Å². The first kappa shape index (κ1) is 20.2. The van der Waals surface area contributed by atoms with Crippen LogP contribution < -0.4 is 5.32 Å². The van der Waals surface area contributed by atoms with Gasteiger partial charge in [0.15, 0.2) is 0 Å². The highest BCUT2D eigenvalue weighted by molar-refractivity contribution is 5.90. The van der Waals surface area contributed by atoms with Gasteiger partial charge in [0.1, 0.15) is 17.7 Å². The summed E-state index contributed by atoms with van der Waals surface area (Å²) in [5.41, 5.74) is -1.38. The van der Waals surface area contributed by atoms with Gasteiger partial charge in [-0.15, -0.1) is 0 Å². The van der Waals surface area contributed by atoms with Crippen LogP contribution in [0.25, 0.3) is 0 Å². The lowest BCUT2D eigenvalue weighted by Crippen LogP contribution is -2.57. The van der Waals surface area contributed by atoms with Crippen LogP contribution in [-0.4, -0.2) is 63.4 Å². The normalized spacial score (nSPS) is 22.9. The van der Waals surface area contributed by atoms with E-state index in [0.717, 1.165) is 4.90 Å². The van der Waals surface area contributed by atoms with Gasteiger partial charge in [-0.2, -0.15) is 0 Å². The van der Waals surface area contributed by atoms with Crippen LogP contribution in [0.15, 0.2) is 0 Å². The van der Waals surface area contributed by atoms with Crippen LogP contribution >= 0.6 is 0 Å². The number of nitrogens with one attached hydrogen (secondary N) is 1. The molecule has 0 aromatic carbocycles. The molecule has 2 amide bonds. The molecule has 0 bridgehead atoms. The van der Waals surface area contributed by atoms with E-state index >= 15 is 0 Å². The summed E-state index contributed by atoms with van der Waals surface area (Å²) in [6, 6.07) is -2.07. The molecular weight excluding hydrogens is 316 g/mol. The molecule has 0 radical (unpaired) electrons. The van der Waals surface area contributed by atoms with Crippen LogP contribution in [0.4, 0.5) is 4.79 Å². The Hall–Kier alpha value is -1.83. The van der Waals surface area contributed by atoms with E-state index in [1.54, 1.807) is 41.5 Å². The maximum atomic E-state index is 12.8. The summed E-state index contributed by atoms with van der Waals surface area (Å²) < 4.78 is 5.19. The predicted octanol–water partition coefficient (Wildman–Crippen LogP) is 0.972. The van der Waals surface area contributed by atoms with Crippen LogP contribution in [0, 0.1) is 5.41 Å². The Morgan fingerprint density at radius 3 is 2.12 bits per heavy atom. The second kappa shape index (κ2) is 6.96. The van der Waals surface area contributed by atoms with E-state index < -0.39 is 47.2 Å². The Labute approximate surface area is 142 Å². The van der Waals surface area contributed by atoms with Crippen LogP contribution in [-0.2, 0) is 14.3 Å². The zero-order valence-electron chi connectivity index (χ0n) is 15.1. The van der Waals surface area contributed by atoms with Gasteiger partial charge in [-0.3, -0.25) is 4.79 Å². The van der Waals surface area contributed by atoms with E-state index in [4.69, 9.17) is 4.74 Å². The quantitative estimate of drug-likeness (QED) is 0.702. The number of aliphatic carboxylic acids is 1. The average molecular weight is 344 g/mol. The summed E-state index contributed by atoms with van der Waals surface area (Å²) in [5, 5.41) is 21.5. The number of carbonyl (C=O) groups excluding carboxylic acids is 2. The summed E-state index contributed by atoms with van der Waals surface area (Å²) in [6.45, 7) is 10.3. The Morgan fingerprint density at radius 2 is 1.71 bits per heavy atom. The molecule has 1 aliphatic rings. The topological polar surface area (TPSA) is 116 Å². The van der Waals surface area contributed by atoms with Crippen molar-refractivity contribution in [2.24, 2.45) is 5.41 Å². The van der Waals surface area contributed by atoms with Gasteiger partial charge < -0.3 is 25.2 Å². The molecule has 1 fully saturated rings. The van der Waals surface area contributed by atoms with Crippen molar-refractivity contribution < 1.29 is 29.3 Å². The molecule has 0 aromatic rings. The number of carboxylic acid groups (broad SMARTS) is 1. The molecule has 1 heterocycles. The number of aliphatic hydroxyl groups is 1. The summed E-state index contributed by atoms with van der Waals surface area (Å²) >= 11 is 0. The zero-order valence-corrected chi connectivity index (χ0v) is 15.1. The van der Waals surface area contributed by atoms with Crippen LogP contribution in [0.3, 0.4) is 0 Å². The van der Waals surface area contributed by atoms with Crippen LogP contribution in [0.2, 0.25) is 0 Å². The Kier molecular flexibility index (Phi) is 5.86. The monoisotopic (exact) mass is 344 g/mol. The fraction of sp³-hybridized carbons (Fsp3) is 0.812. The molecular formula is C16H28N2O6. The third-order valence-corrected chi connectivity index (χ3v) is 3.62. The SMILES string of the molecule is CC(C)(C)OC(=O)N[C@H](C(=O)N1C[C@@H](O)C[C@@H]1C(=O)O)C(C)(C)C. The molecule has 3 atom stereocenters. The molecule has 138 valence electrons. The zero-order chi connectivity index (χ0) is 18.9. The van der Waals surface area contributed by atoms with E-state index in [9.17, 15) is 24.6 Å². The minimum atomic E-state index is -1.18. The Balaban J connectivity index is 2.98. The van der Waals surface area contributed by atoms with Gasteiger partial charge in [-0.1, -0.05) is 20.8 Å². The van der Waals surface area contributed by atoms with Gasteiger partial charge in [-0.25, -0.2) is 9.59 Å². The highest BCUT2D eigenvalue weighted by atomic mass is 16.6. The van der Waals surface area contributed by atoms with Crippen molar-refractivity contribution in [3.63, 3.8) is 0 Å². The van der Waals surface area contributed by atoms with E-state index in [1.807, 2.05) is 0 Å². The van der Waals surface area contributed by atoms with E-state index in [0.29, 0.717) is 0 Å². The first-order valence-corrected chi connectivity index (χ1v) is 7.93. The second-order valence-electron chi connectivity index (χ2n) is 8.18. The molecule has 8 nitrogen and oxygen atoms in total. The third kappa shape index (κ3) is 5.36.